The van der Waals surface area contributed by atoms with Crippen molar-refractivity contribution in [1.29, 1.82) is 5.26 Å². The fourth-order valence-corrected chi connectivity index (χ4v) is 1.48. The van der Waals surface area contributed by atoms with E-state index in [4.69, 9.17) is 5.26 Å². The van der Waals surface area contributed by atoms with E-state index >= 15 is 0 Å². The van der Waals surface area contributed by atoms with Crippen LogP contribution in [0.15, 0.2) is 18.2 Å². The SMILES string of the molecule is CC1(CNc2cccc(F)c2C#N)CC1. The number of nitriles is 1. The monoisotopic (exact) mass is 204 g/mol. The van der Waals surface area contributed by atoms with Gasteiger partial charge >= 0.3 is 0 Å². The molecule has 1 saturated carbocycles. The van der Waals surface area contributed by atoms with Gasteiger partial charge in [0.2, 0.25) is 0 Å². The highest BCUT2D eigenvalue weighted by Crippen LogP contribution is 2.44. The van der Waals surface area contributed by atoms with Crippen molar-refractivity contribution in [1.82, 2.24) is 0 Å². The second kappa shape index (κ2) is 3.54. The van der Waals surface area contributed by atoms with E-state index < -0.39 is 5.82 Å². The van der Waals surface area contributed by atoms with Gasteiger partial charge in [-0.1, -0.05) is 13.0 Å². The van der Waals surface area contributed by atoms with E-state index in [0.717, 1.165) is 6.54 Å². The molecule has 0 unspecified atom stereocenters. The van der Waals surface area contributed by atoms with Crippen LogP contribution in [0.3, 0.4) is 0 Å². The number of nitrogens with one attached hydrogen (secondary N) is 1. The summed E-state index contributed by atoms with van der Waals surface area (Å²) >= 11 is 0. The number of anilines is 1. The third kappa shape index (κ3) is 2.10. The molecule has 0 heterocycles. The second-order valence-corrected chi connectivity index (χ2v) is 4.44. The van der Waals surface area contributed by atoms with E-state index in [1.807, 2.05) is 6.07 Å². The van der Waals surface area contributed by atoms with E-state index in [0.29, 0.717) is 11.1 Å². The number of benzene rings is 1. The van der Waals surface area contributed by atoms with Crippen LogP contribution in [0.25, 0.3) is 0 Å². The summed E-state index contributed by atoms with van der Waals surface area (Å²) in [6.45, 7) is 3.00. The van der Waals surface area contributed by atoms with Crippen molar-refractivity contribution in [2.24, 2.45) is 5.41 Å². The van der Waals surface area contributed by atoms with Gasteiger partial charge in [-0.05, 0) is 30.4 Å². The number of nitrogens with zero attached hydrogens (tertiary/aromatic N) is 1. The van der Waals surface area contributed by atoms with E-state index in [1.165, 1.54) is 18.9 Å². The molecule has 0 amide bonds. The summed E-state index contributed by atoms with van der Waals surface area (Å²) in [4.78, 5) is 0. The molecule has 0 aliphatic heterocycles. The number of hydrogen-bond donors (Lipinski definition) is 1. The maximum Gasteiger partial charge on any atom is 0.143 e. The Morgan fingerprint density at radius 1 is 1.53 bits per heavy atom. The fraction of sp³-hybridized carbons (Fsp3) is 0.417. The van der Waals surface area contributed by atoms with E-state index in [-0.39, 0.29) is 5.56 Å². The molecule has 1 N–H and O–H groups in total. The standard InChI is InChI=1S/C12H13FN2/c1-12(5-6-12)8-15-11-4-2-3-10(13)9(11)7-14/h2-4,15H,5-6,8H2,1H3. The largest absolute Gasteiger partial charge is 0.383 e. The zero-order valence-corrected chi connectivity index (χ0v) is 8.68. The van der Waals surface area contributed by atoms with Crippen molar-refractivity contribution < 1.29 is 4.39 Å². The molecule has 0 saturated heterocycles. The van der Waals surface area contributed by atoms with Gasteiger partial charge in [-0.25, -0.2) is 4.39 Å². The number of hydrogen-bond acceptors (Lipinski definition) is 2. The van der Waals surface area contributed by atoms with Gasteiger partial charge in [0.15, 0.2) is 0 Å². The molecule has 1 aromatic rings. The molecule has 3 heteroatoms. The average Bonchev–Trinajstić information content (AvgIpc) is 2.94. The molecule has 2 nitrogen and oxygen atoms in total. The molecule has 0 spiro atoms. The first kappa shape index (κ1) is 9.97. The Balaban J connectivity index is 2.14. The minimum absolute atomic E-state index is 0.113. The second-order valence-electron chi connectivity index (χ2n) is 4.44. The van der Waals surface area contributed by atoms with Crippen LogP contribution in [0.4, 0.5) is 10.1 Å². The van der Waals surface area contributed by atoms with Crippen molar-refractivity contribution in [3.63, 3.8) is 0 Å². The highest BCUT2D eigenvalue weighted by molar-refractivity contribution is 5.58. The van der Waals surface area contributed by atoms with E-state index in [2.05, 4.69) is 12.2 Å². The third-order valence-corrected chi connectivity index (χ3v) is 2.93. The summed E-state index contributed by atoms with van der Waals surface area (Å²) in [6.07, 6.45) is 2.41. The topological polar surface area (TPSA) is 35.8 Å². The molecule has 78 valence electrons. The zero-order chi connectivity index (χ0) is 10.9. The van der Waals surface area contributed by atoms with Gasteiger partial charge < -0.3 is 5.32 Å². The summed E-state index contributed by atoms with van der Waals surface area (Å²) in [5.41, 5.74) is 1.06. The summed E-state index contributed by atoms with van der Waals surface area (Å²) in [5, 5.41) is 12.0. The molecule has 15 heavy (non-hydrogen) atoms. The van der Waals surface area contributed by atoms with E-state index in [9.17, 15) is 4.39 Å². The van der Waals surface area contributed by atoms with Crippen LogP contribution in [0.5, 0.6) is 0 Å². The predicted octanol–water partition coefficient (Wildman–Crippen LogP) is 2.91. The molecular weight excluding hydrogens is 191 g/mol. The molecule has 1 fully saturated rings. The Kier molecular flexibility index (Phi) is 2.36. The molecule has 2 rings (SSSR count). The molecule has 0 aromatic heterocycles. The zero-order valence-electron chi connectivity index (χ0n) is 8.68. The van der Waals surface area contributed by atoms with Crippen molar-refractivity contribution in [3.8, 4) is 6.07 Å². The van der Waals surface area contributed by atoms with Crippen molar-refractivity contribution in [3.05, 3.63) is 29.6 Å². The Hall–Kier alpha value is -1.56. The molecule has 0 radical (unpaired) electrons. The predicted molar refractivity (Wildman–Crippen MR) is 56.9 cm³/mol. The Morgan fingerprint density at radius 3 is 2.87 bits per heavy atom. The van der Waals surface area contributed by atoms with Gasteiger partial charge in [0.1, 0.15) is 17.4 Å². The lowest BCUT2D eigenvalue weighted by molar-refractivity contribution is 0.606. The Labute approximate surface area is 88.7 Å². The maximum atomic E-state index is 13.2. The lowest BCUT2D eigenvalue weighted by Crippen LogP contribution is -2.12. The Morgan fingerprint density at radius 2 is 2.27 bits per heavy atom. The molecular formula is C12H13FN2. The lowest BCUT2D eigenvalue weighted by atomic mass is 10.1. The van der Waals surface area contributed by atoms with Crippen LogP contribution in [0.1, 0.15) is 25.3 Å². The van der Waals surface area contributed by atoms with Crippen LogP contribution in [-0.4, -0.2) is 6.54 Å². The van der Waals surface area contributed by atoms with Crippen LogP contribution < -0.4 is 5.32 Å². The van der Waals surface area contributed by atoms with Gasteiger partial charge in [-0.3, -0.25) is 0 Å². The first-order valence-corrected chi connectivity index (χ1v) is 5.07. The Bertz CT molecular complexity index is 416. The van der Waals surface area contributed by atoms with Crippen LogP contribution >= 0.6 is 0 Å². The van der Waals surface area contributed by atoms with Gasteiger partial charge in [-0.2, -0.15) is 5.26 Å². The summed E-state index contributed by atoms with van der Waals surface area (Å²) in [6, 6.07) is 6.55. The van der Waals surface area contributed by atoms with Crippen molar-refractivity contribution in [2.75, 3.05) is 11.9 Å². The quantitative estimate of drug-likeness (QED) is 0.821. The highest BCUT2D eigenvalue weighted by atomic mass is 19.1. The third-order valence-electron chi connectivity index (χ3n) is 2.93. The molecule has 1 aromatic carbocycles. The average molecular weight is 204 g/mol. The fourth-order valence-electron chi connectivity index (χ4n) is 1.48. The van der Waals surface area contributed by atoms with Crippen molar-refractivity contribution >= 4 is 5.69 Å². The van der Waals surface area contributed by atoms with Gasteiger partial charge in [0, 0.05) is 6.54 Å². The number of halogens is 1. The molecule has 1 aliphatic rings. The highest BCUT2D eigenvalue weighted by Gasteiger charge is 2.36. The first-order valence-electron chi connectivity index (χ1n) is 5.07. The van der Waals surface area contributed by atoms with Gasteiger partial charge in [0.05, 0.1) is 5.69 Å². The van der Waals surface area contributed by atoms with Crippen molar-refractivity contribution in [2.45, 2.75) is 19.8 Å². The normalized spacial score (nSPS) is 16.9. The van der Waals surface area contributed by atoms with E-state index in [1.54, 1.807) is 12.1 Å². The van der Waals surface area contributed by atoms with Gasteiger partial charge in [0.25, 0.3) is 0 Å². The smallest absolute Gasteiger partial charge is 0.143 e. The maximum absolute atomic E-state index is 13.2. The lowest BCUT2D eigenvalue weighted by Gasteiger charge is -2.12. The van der Waals surface area contributed by atoms with Gasteiger partial charge in [-0.15, -0.1) is 0 Å². The van der Waals surface area contributed by atoms with Crippen LogP contribution in [-0.2, 0) is 0 Å². The minimum Gasteiger partial charge on any atom is -0.383 e. The first-order chi connectivity index (χ1) is 7.14. The molecule has 1 aliphatic carbocycles. The summed E-state index contributed by atoms with van der Waals surface area (Å²) < 4.78 is 13.2. The van der Waals surface area contributed by atoms with Crippen LogP contribution in [0, 0.1) is 22.6 Å². The molecule has 0 atom stereocenters. The summed E-state index contributed by atoms with van der Waals surface area (Å²) in [7, 11) is 0. The molecule has 0 bridgehead atoms. The number of rotatable bonds is 3. The minimum atomic E-state index is -0.455. The van der Waals surface area contributed by atoms with Crippen LogP contribution in [0.2, 0.25) is 0 Å². The summed E-state index contributed by atoms with van der Waals surface area (Å²) in [5.74, 6) is -0.455.